The Hall–Kier alpha value is -1.16. The zero-order chi connectivity index (χ0) is 14.8. The Kier molecular flexibility index (Phi) is 4.63. The lowest BCUT2D eigenvalue weighted by Gasteiger charge is -2.33. The van der Waals surface area contributed by atoms with Crippen molar-refractivity contribution in [2.75, 3.05) is 25.5 Å². The summed E-state index contributed by atoms with van der Waals surface area (Å²) in [5, 5.41) is 3.32. The summed E-state index contributed by atoms with van der Waals surface area (Å²) in [7, 11) is 1.97. The molecule has 112 valence electrons. The van der Waals surface area contributed by atoms with E-state index < -0.39 is 6.17 Å². The molecule has 2 atom stereocenters. The second-order valence-corrected chi connectivity index (χ2v) is 6.52. The van der Waals surface area contributed by atoms with Crippen molar-refractivity contribution in [2.24, 2.45) is 0 Å². The second kappa shape index (κ2) is 6.08. The molecule has 0 bridgehead atoms. The van der Waals surface area contributed by atoms with Crippen LogP contribution in [-0.4, -0.2) is 42.2 Å². The zero-order valence-corrected chi connectivity index (χ0v) is 13.0. The standard InChI is InChI=1S/C16H26FN3/c1-5-16(2,3)12-8-13(10-18-9-12)19-15-6-7-20(4)11-14(15)17/h8-10,14-15,19H,5-7,11H2,1-4H3/t14-,15+/m1/s1. The van der Waals surface area contributed by atoms with Crippen LogP contribution in [0.5, 0.6) is 0 Å². The van der Waals surface area contributed by atoms with Gasteiger partial charge in [0.1, 0.15) is 6.17 Å². The maximum atomic E-state index is 14.1. The Morgan fingerprint density at radius 1 is 1.45 bits per heavy atom. The van der Waals surface area contributed by atoms with Gasteiger partial charge in [0.2, 0.25) is 0 Å². The molecule has 0 spiro atoms. The number of nitrogens with zero attached hydrogens (tertiary/aromatic N) is 2. The summed E-state index contributed by atoms with van der Waals surface area (Å²) >= 11 is 0. The summed E-state index contributed by atoms with van der Waals surface area (Å²) in [5.74, 6) is 0. The highest BCUT2D eigenvalue weighted by Gasteiger charge is 2.27. The van der Waals surface area contributed by atoms with Crippen LogP contribution < -0.4 is 5.32 Å². The van der Waals surface area contributed by atoms with Gasteiger partial charge in [-0.25, -0.2) is 4.39 Å². The largest absolute Gasteiger partial charge is 0.378 e. The smallest absolute Gasteiger partial charge is 0.133 e. The van der Waals surface area contributed by atoms with Crippen molar-refractivity contribution in [3.63, 3.8) is 0 Å². The van der Waals surface area contributed by atoms with E-state index in [4.69, 9.17) is 0 Å². The molecule has 1 aliphatic heterocycles. The van der Waals surface area contributed by atoms with Crippen LogP contribution in [0.4, 0.5) is 10.1 Å². The van der Waals surface area contributed by atoms with Crippen molar-refractivity contribution < 1.29 is 4.39 Å². The third-order valence-electron chi connectivity index (χ3n) is 4.50. The summed E-state index contributed by atoms with van der Waals surface area (Å²) in [6.45, 7) is 8.04. The van der Waals surface area contributed by atoms with E-state index in [9.17, 15) is 4.39 Å². The highest BCUT2D eigenvalue weighted by atomic mass is 19.1. The van der Waals surface area contributed by atoms with Crippen LogP contribution in [0.3, 0.4) is 0 Å². The molecule has 2 rings (SSSR count). The quantitative estimate of drug-likeness (QED) is 0.917. The predicted molar refractivity (Wildman–Crippen MR) is 82.0 cm³/mol. The molecule has 0 saturated carbocycles. The van der Waals surface area contributed by atoms with E-state index >= 15 is 0 Å². The molecule has 0 unspecified atom stereocenters. The molecular weight excluding hydrogens is 253 g/mol. The third kappa shape index (κ3) is 3.48. The Labute approximate surface area is 121 Å². The van der Waals surface area contributed by atoms with Gasteiger partial charge in [-0.3, -0.25) is 4.98 Å². The van der Waals surface area contributed by atoms with Crippen LogP contribution in [0.25, 0.3) is 0 Å². The van der Waals surface area contributed by atoms with Crippen LogP contribution >= 0.6 is 0 Å². The Bertz CT molecular complexity index is 447. The molecule has 1 aromatic rings. The fourth-order valence-corrected chi connectivity index (χ4v) is 2.53. The van der Waals surface area contributed by atoms with Crippen LogP contribution in [-0.2, 0) is 5.41 Å². The zero-order valence-electron chi connectivity index (χ0n) is 13.0. The number of alkyl halides is 1. The third-order valence-corrected chi connectivity index (χ3v) is 4.50. The average molecular weight is 279 g/mol. The molecule has 20 heavy (non-hydrogen) atoms. The normalized spacial score (nSPS) is 24.6. The van der Waals surface area contributed by atoms with Gasteiger partial charge < -0.3 is 10.2 Å². The van der Waals surface area contributed by atoms with Gasteiger partial charge in [0.05, 0.1) is 11.7 Å². The number of nitrogens with one attached hydrogen (secondary N) is 1. The number of likely N-dealkylation sites (tertiary alicyclic amines) is 1. The number of piperidine rings is 1. The minimum Gasteiger partial charge on any atom is -0.378 e. The molecule has 0 amide bonds. The predicted octanol–water partition coefficient (Wildman–Crippen LogP) is 3.22. The van der Waals surface area contributed by atoms with Crippen LogP contribution in [0.1, 0.15) is 39.2 Å². The molecule has 0 radical (unpaired) electrons. The summed E-state index contributed by atoms with van der Waals surface area (Å²) < 4.78 is 14.1. The number of anilines is 1. The molecule has 1 N–H and O–H groups in total. The van der Waals surface area contributed by atoms with Gasteiger partial charge in [-0.05, 0) is 36.9 Å². The molecule has 1 fully saturated rings. The maximum absolute atomic E-state index is 14.1. The van der Waals surface area contributed by atoms with Crippen LogP contribution in [0.2, 0.25) is 0 Å². The number of rotatable bonds is 4. The lowest BCUT2D eigenvalue weighted by atomic mass is 9.83. The van der Waals surface area contributed by atoms with Crippen molar-refractivity contribution in [1.29, 1.82) is 0 Å². The van der Waals surface area contributed by atoms with Gasteiger partial charge in [-0.15, -0.1) is 0 Å². The summed E-state index contributed by atoms with van der Waals surface area (Å²) in [5.41, 5.74) is 2.24. The van der Waals surface area contributed by atoms with E-state index in [1.165, 1.54) is 5.56 Å². The monoisotopic (exact) mass is 279 g/mol. The average Bonchev–Trinajstić information content (AvgIpc) is 2.42. The number of aromatic nitrogens is 1. The van der Waals surface area contributed by atoms with Crippen LogP contribution in [0.15, 0.2) is 18.5 Å². The van der Waals surface area contributed by atoms with Crippen molar-refractivity contribution in [1.82, 2.24) is 9.88 Å². The molecule has 1 saturated heterocycles. The SMILES string of the molecule is CCC(C)(C)c1cncc(N[C@H]2CCN(C)C[C@H]2F)c1. The Morgan fingerprint density at radius 2 is 2.20 bits per heavy atom. The topological polar surface area (TPSA) is 28.2 Å². The van der Waals surface area contributed by atoms with E-state index in [0.717, 1.165) is 25.1 Å². The molecule has 0 aliphatic carbocycles. The Morgan fingerprint density at radius 3 is 2.85 bits per heavy atom. The first-order valence-corrected chi connectivity index (χ1v) is 7.47. The number of halogens is 1. The van der Waals surface area contributed by atoms with E-state index in [-0.39, 0.29) is 11.5 Å². The van der Waals surface area contributed by atoms with E-state index in [2.05, 4.69) is 37.1 Å². The van der Waals surface area contributed by atoms with Gasteiger partial charge in [0, 0.05) is 25.5 Å². The molecule has 1 aliphatic rings. The Balaban J connectivity index is 2.08. The summed E-state index contributed by atoms with van der Waals surface area (Å²) in [4.78, 5) is 6.35. The fraction of sp³-hybridized carbons (Fsp3) is 0.688. The first-order chi connectivity index (χ1) is 9.42. The van der Waals surface area contributed by atoms with Gasteiger partial charge in [0.25, 0.3) is 0 Å². The van der Waals surface area contributed by atoms with Crippen molar-refractivity contribution >= 4 is 5.69 Å². The van der Waals surface area contributed by atoms with Gasteiger partial charge in [0.15, 0.2) is 0 Å². The van der Waals surface area contributed by atoms with Gasteiger partial charge >= 0.3 is 0 Å². The lowest BCUT2D eigenvalue weighted by molar-refractivity contribution is 0.149. The molecule has 0 aromatic carbocycles. The van der Waals surface area contributed by atoms with Gasteiger partial charge in [-0.1, -0.05) is 20.8 Å². The minimum absolute atomic E-state index is 0.104. The summed E-state index contributed by atoms with van der Waals surface area (Å²) in [6, 6.07) is 2.01. The number of pyridine rings is 1. The molecule has 4 heteroatoms. The molecule has 2 heterocycles. The fourth-order valence-electron chi connectivity index (χ4n) is 2.53. The van der Waals surface area contributed by atoms with E-state index in [0.29, 0.717) is 6.54 Å². The number of hydrogen-bond donors (Lipinski definition) is 1. The van der Waals surface area contributed by atoms with Gasteiger partial charge in [-0.2, -0.15) is 0 Å². The first kappa shape index (κ1) is 15.2. The molecule has 3 nitrogen and oxygen atoms in total. The maximum Gasteiger partial charge on any atom is 0.133 e. The highest BCUT2D eigenvalue weighted by molar-refractivity contribution is 5.45. The lowest BCUT2D eigenvalue weighted by Crippen LogP contribution is -2.46. The van der Waals surface area contributed by atoms with Crippen molar-refractivity contribution in [2.45, 2.75) is 51.2 Å². The van der Waals surface area contributed by atoms with Crippen molar-refractivity contribution in [3.8, 4) is 0 Å². The van der Waals surface area contributed by atoms with E-state index in [1.807, 2.05) is 18.1 Å². The second-order valence-electron chi connectivity index (χ2n) is 6.52. The molecule has 1 aromatic heterocycles. The summed E-state index contributed by atoms with van der Waals surface area (Å²) in [6.07, 6.45) is 4.77. The number of hydrogen-bond acceptors (Lipinski definition) is 3. The van der Waals surface area contributed by atoms with E-state index in [1.54, 1.807) is 6.20 Å². The molecular formula is C16H26FN3. The van der Waals surface area contributed by atoms with Crippen molar-refractivity contribution in [3.05, 3.63) is 24.0 Å². The first-order valence-electron chi connectivity index (χ1n) is 7.47. The minimum atomic E-state index is -0.823. The van der Waals surface area contributed by atoms with Crippen LogP contribution in [0, 0.1) is 0 Å². The highest BCUT2D eigenvalue weighted by Crippen LogP contribution is 2.28.